The SMILES string of the molecule is CC(NC(=O)C(NC(=O)C(C)(C)C=Cc1ccc2ccc(C(N)C(F)(F)F)nc2c1)C(C)C)C(=O)N1CCCC(C(=O)O)N1. The Bertz CT molecular complexity index is 1430. The van der Waals surface area contributed by atoms with E-state index in [4.69, 9.17) is 5.73 Å². The number of benzene rings is 1. The molecule has 6 N–H and O–H groups in total. The molecule has 0 saturated carbocycles. The molecule has 240 valence electrons. The van der Waals surface area contributed by atoms with Crippen LogP contribution in [0.1, 0.15) is 64.8 Å². The van der Waals surface area contributed by atoms with Crippen molar-refractivity contribution >= 4 is 40.7 Å². The topological polar surface area (TPSA) is 167 Å². The van der Waals surface area contributed by atoms with Crippen LogP contribution in [0.15, 0.2) is 36.4 Å². The summed E-state index contributed by atoms with van der Waals surface area (Å²) in [7, 11) is 0. The number of hydrogen-bond donors (Lipinski definition) is 5. The molecular weight excluding hydrogens is 581 g/mol. The van der Waals surface area contributed by atoms with Crippen molar-refractivity contribution in [2.24, 2.45) is 17.1 Å². The number of aromatic nitrogens is 1. The van der Waals surface area contributed by atoms with Crippen LogP contribution >= 0.6 is 0 Å². The van der Waals surface area contributed by atoms with Crippen LogP contribution in [0.4, 0.5) is 13.2 Å². The van der Waals surface area contributed by atoms with Crippen LogP contribution in [0.5, 0.6) is 0 Å². The lowest BCUT2D eigenvalue weighted by molar-refractivity contribution is -0.150. The van der Waals surface area contributed by atoms with Crippen LogP contribution in [0.2, 0.25) is 0 Å². The van der Waals surface area contributed by atoms with Crippen molar-refractivity contribution in [3.63, 3.8) is 0 Å². The van der Waals surface area contributed by atoms with Gasteiger partial charge in [0.25, 0.3) is 5.91 Å². The van der Waals surface area contributed by atoms with Gasteiger partial charge in [-0.05, 0) is 57.2 Å². The molecule has 0 aliphatic carbocycles. The number of carbonyl (C=O) groups excluding carboxylic acids is 3. The number of carbonyl (C=O) groups is 4. The van der Waals surface area contributed by atoms with E-state index >= 15 is 0 Å². The lowest BCUT2D eigenvalue weighted by atomic mass is 9.89. The number of nitrogens with two attached hydrogens (primary N) is 1. The highest BCUT2D eigenvalue weighted by molar-refractivity contribution is 5.94. The molecule has 3 rings (SSSR count). The van der Waals surface area contributed by atoms with Gasteiger partial charge >= 0.3 is 12.1 Å². The summed E-state index contributed by atoms with van der Waals surface area (Å²) in [6.07, 6.45) is -0.521. The summed E-state index contributed by atoms with van der Waals surface area (Å²) in [6, 6.07) is 2.68. The number of aliphatic carboxylic acids is 1. The Morgan fingerprint density at radius 1 is 1.11 bits per heavy atom. The normalized spacial score (nSPS) is 18.2. The Kier molecular flexibility index (Phi) is 10.7. The van der Waals surface area contributed by atoms with Gasteiger partial charge in [0.2, 0.25) is 11.8 Å². The van der Waals surface area contributed by atoms with E-state index in [2.05, 4.69) is 21.0 Å². The van der Waals surface area contributed by atoms with E-state index in [0.29, 0.717) is 35.9 Å². The van der Waals surface area contributed by atoms with Gasteiger partial charge in [0, 0.05) is 11.9 Å². The molecule has 1 aliphatic heterocycles. The van der Waals surface area contributed by atoms with E-state index in [1.807, 2.05) is 0 Å². The Morgan fingerprint density at radius 2 is 1.77 bits per heavy atom. The van der Waals surface area contributed by atoms with Crippen molar-refractivity contribution in [3.8, 4) is 0 Å². The van der Waals surface area contributed by atoms with Crippen LogP contribution in [0.25, 0.3) is 17.0 Å². The van der Waals surface area contributed by atoms with Gasteiger partial charge < -0.3 is 21.5 Å². The first-order valence-corrected chi connectivity index (χ1v) is 14.2. The largest absolute Gasteiger partial charge is 0.480 e. The number of hydrogen-bond acceptors (Lipinski definition) is 7. The number of carboxylic acid groups (broad SMARTS) is 1. The van der Waals surface area contributed by atoms with Crippen LogP contribution in [-0.4, -0.2) is 69.6 Å². The van der Waals surface area contributed by atoms with E-state index in [0.717, 1.165) is 0 Å². The van der Waals surface area contributed by atoms with Crippen molar-refractivity contribution in [1.82, 2.24) is 26.1 Å². The molecule has 1 saturated heterocycles. The smallest absolute Gasteiger partial charge is 0.409 e. The molecule has 1 aliphatic rings. The first-order valence-electron chi connectivity index (χ1n) is 14.2. The number of nitrogens with one attached hydrogen (secondary N) is 3. The predicted octanol–water partition coefficient (Wildman–Crippen LogP) is 3.06. The van der Waals surface area contributed by atoms with Crippen LogP contribution in [0, 0.1) is 11.3 Å². The fourth-order valence-corrected chi connectivity index (χ4v) is 4.56. The number of pyridine rings is 1. The third-order valence-corrected chi connectivity index (χ3v) is 7.40. The quantitative estimate of drug-likeness (QED) is 0.270. The Balaban J connectivity index is 1.68. The standard InChI is InChI=1S/C30H39F3N6O5/c1-16(2)23(25(40)35-17(3)26(41)39-14-6-7-21(38-39)27(42)43)37-28(44)29(4,5)13-12-18-8-9-19-10-11-20(36-22(19)15-18)24(34)30(31,32)33/h8-13,15-17,21,23-24,38H,6-7,14,34H2,1-5H3,(H,35,40)(H,37,44)(H,42,43). The van der Waals surface area contributed by atoms with Crippen LogP contribution in [-0.2, 0) is 19.2 Å². The number of rotatable bonds is 10. The fourth-order valence-electron chi connectivity index (χ4n) is 4.56. The van der Waals surface area contributed by atoms with Crippen molar-refractivity contribution in [1.29, 1.82) is 0 Å². The first kappa shape index (κ1) is 34.5. The minimum atomic E-state index is -4.63. The average molecular weight is 621 g/mol. The molecule has 2 aromatic rings. The molecular formula is C30H39F3N6O5. The van der Waals surface area contributed by atoms with E-state index in [-0.39, 0.29) is 11.6 Å². The van der Waals surface area contributed by atoms with Gasteiger partial charge in [-0.3, -0.25) is 29.2 Å². The minimum Gasteiger partial charge on any atom is -0.480 e. The second-order valence-electron chi connectivity index (χ2n) is 11.8. The zero-order chi connectivity index (χ0) is 33.0. The molecule has 11 nitrogen and oxygen atoms in total. The monoisotopic (exact) mass is 620 g/mol. The number of carboxylic acids is 1. The molecule has 4 atom stereocenters. The Hall–Kier alpha value is -4.04. The third kappa shape index (κ3) is 8.53. The fraction of sp³-hybridized carbons (Fsp3) is 0.500. The molecule has 0 radical (unpaired) electrons. The molecule has 1 aromatic carbocycles. The molecule has 44 heavy (non-hydrogen) atoms. The van der Waals surface area contributed by atoms with Gasteiger partial charge in [-0.2, -0.15) is 13.2 Å². The van der Waals surface area contributed by atoms with Gasteiger partial charge in [0.15, 0.2) is 0 Å². The summed E-state index contributed by atoms with van der Waals surface area (Å²) in [4.78, 5) is 54.7. The second kappa shape index (κ2) is 13.7. The number of hydrazine groups is 1. The number of nitrogens with zero attached hydrogens (tertiary/aromatic N) is 2. The number of halogens is 3. The molecule has 0 bridgehead atoms. The number of amides is 3. The van der Waals surface area contributed by atoms with Gasteiger partial charge in [0.05, 0.1) is 16.6 Å². The lowest BCUT2D eigenvalue weighted by Crippen LogP contribution is -2.61. The Labute approximate surface area is 253 Å². The molecule has 14 heteroatoms. The highest BCUT2D eigenvalue weighted by Crippen LogP contribution is 2.30. The van der Waals surface area contributed by atoms with E-state index in [1.165, 1.54) is 24.1 Å². The highest BCUT2D eigenvalue weighted by atomic mass is 19.4. The van der Waals surface area contributed by atoms with Crippen molar-refractivity contribution in [2.45, 2.75) is 77.8 Å². The average Bonchev–Trinajstić information content (AvgIpc) is 2.96. The maximum Gasteiger partial charge on any atom is 0.409 e. The van der Waals surface area contributed by atoms with Gasteiger partial charge in [-0.1, -0.05) is 44.2 Å². The second-order valence-corrected chi connectivity index (χ2v) is 11.8. The van der Waals surface area contributed by atoms with Gasteiger partial charge in [-0.25, -0.2) is 5.43 Å². The summed E-state index contributed by atoms with van der Waals surface area (Å²) < 4.78 is 39.2. The first-order chi connectivity index (χ1) is 20.4. The summed E-state index contributed by atoms with van der Waals surface area (Å²) >= 11 is 0. The number of fused-ring (bicyclic) bond motifs is 1. The zero-order valence-electron chi connectivity index (χ0n) is 25.2. The van der Waals surface area contributed by atoms with Gasteiger partial charge in [-0.15, -0.1) is 0 Å². The maximum absolute atomic E-state index is 13.3. The molecule has 0 spiro atoms. The molecule has 1 aromatic heterocycles. The summed E-state index contributed by atoms with van der Waals surface area (Å²) in [5.41, 5.74) is 7.45. The molecule has 2 heterocycles. The van der Waals surface area contributed by atoms with Crippen LogP contribution in [0.3, 0.4) is 0 Å². The molecule has 4 unspecified atom stereocenters. The van der Waals surface area contributed by atoms with E-state index < -0.39 is 59.4 Å². The van der Waals surface area contributed by atoms with E-state index in [1.54, 1.807) is 58.0 Å². The number of alkyl halides is 3. The Morgan fingerprint density at radius 3 is 2.39 bits per heavy atom. The van der Waals surface area contributed by atoms with Crippen molar-refractivity contribution in [2.75, 3.05) is 6.54 Å². The van der Waals surface area contributed by atoms with Crippen LogP contribution < -0.4 is 21.8 Å². The summed E-state index contributed by atoms with van der Waals surface area (Å²) in [6.45, 7) is 8.54. The van der Waals surface area contributed by atoms with Crippen molar-refractivity contribution < 1.29 is 37.5 Å². The summed E-state index contributed by atoms with van der Waals surface area (Å²) in [5.74, 6) is -2.96. The predicted molar refractivity (Wildman–Crippen MR) is 157 cm³/mol. The summed E-state index contributed by atoms with van der Waals surface area (Å²) in [5, 5.41) is 16.4. The zero-order valence-corrected chi connectivity index (χ0v) is 25.2. The highest BCUT2D eigenvalue weighted by Gasteiger charge is 2.39. The van der Waals surface area contributed by atoms with Gasteiger partial charge in [0.1, 0.15) is 24.2 Å². The lowest BCUT2D eigenvalue weighted by Gasteiger charge is -2.34. The van der Waals surface area contributed by atoms with E-state index in [9.17, 15) is 37.5 Å². The van der Waals surface area contributed by atoms with Crippen molar-refractivity contribution in [3.05, 3.63) is 47.7 Å². The molecule has 1 fully saturated rings. The maximum atomic E-state index is 13.3. The molecule has 3 amide bonds. The minimum absolute atomic E-state index is 0.295. The third-order valence-electron chi connectivity index (χ3n) is 7.40.